The van der Waals surface area contributed by atoms with Gasteiger partial charge in [-0.3, -0.25) is 15.2 Å². The molecule has 3 aromatic rings. The third-order valence-corrected chi connectivity index (χ3v) is 5.07. The summed E-state index contributed by atoms with van der Waals surface area (Å²) in [6.45, 7) is 0. The molecule has 10 heteroatoms. The number of aromatic amines is 1. The minimum Gasteiger partial charge on any atom is -0.309 e. The first-order valence-corrected chi connectivity index (χ1v) is 9.93. The standard InChI is InChI=1S/C22H19F4N5O/c23-16-10-6-13(7-11-16)18-12-19(31-30-18)28-21(27-17-2-1-3-17)29-20(32)14-4-8-15(9-5-14)22(24,25)26/h4-12,17H,1-3H2,(H3,27,28,29,30,31,32). The number of aliphatic imine (C=N–C) groups is 1. The lowest BCUT2D eigenvalue weighted by Crippen LogP contribution is -2.38. The summed E-state index contributed by atoms with van der Waals surface area (Å²) in [6.07, 6.45) is -1.69. The topological polar surface area (TPSA) is 82.2 Å². The van der Waals surface area contributed by atoms with Gasteiger partial charge >= 0.3 is 6.18 Å². The Morgan fingerprint density at radius 2 is 1.75 bits per heavy atom. The lowest BCUT2D eigenvalue weighted by Gasteiger charge is -2.22. The molecule has 166 valence electrons. The molecule has 0 radical (unpaired) electrons. The number of guanidine groups is 1. The second kappa shape index (κ2) is 8.81. The van der Waals surface area contributed by atoms with E-state index in [1.165, 1.54) is 12.1 Å². The van der Waals surface area contributed by atoms with E-state index in [0.29, 0.717) is 11.5 Å². The zero-order chi connectivity index (χ0) is 22.7. The van der Waals surface area contributed by atoms with E-state index < -0.39 is 17.6 Å². The number of carbonyl (C=O) groups is 1. The Morgan fingerprint density at radius 1 is 1.06 bits per heavy atom. The molecule has 1 aliphatic carbocycles. The highest BCUT2D eigenvalue weighted by Crippen LogP contribution is 2.29. The zero-order valence-electron chi connectivity index (χ0n) is 16.7. The minimum absolute atomic E-state index is 0.0425. The highest BCUT2D eigenvalue weighted by Gasteiger charge is 2.30. The van der Waals surface area contributed by atoms with Gasteiger partial charge in [-0.1, -0.05) is 0 Å². The van der Waals surface area contributed by atoms with Crippen LogP contribution in [0, 0.1) is 5.82 Å². The number of carbonyl (C=O) groups excluding carboxylic acids is 1. The third kappa shape index (κ3) is 5.13. The average Bonchev–Trinajstić information content (AvgIpc) is 3.19. The molecule has 1 saturated carbocycles. The number of benzene rings is 2. The normalized spacial score (nSPS) is 14.7. The van der Waals surface area contributed by atoms with Crippen molar-refractivity contribution in [3.63, 3.8) is 0 Å². The van der Waals surface area contributed by atoms with E-state index in [4.69, 9.17) is 0 Å². The van der Waals surface area contributed by atoms with Gasteiger partial charge in [0.1, 0.15) is 5.82 Å². The maximum absolute atomic E-state index is 13.1. The Bertz CT molecular complexity index is 1120. The van der Waals surface area contributed by atoms with E-state index in [2.05, 4.69) is 25.8 Å². The van der Waals surface area contributed by atoms with Crippen molar-refractivity contribution in [2.45, 2.75) is 31.5 Å². The molecule has 32 heavy (non-hydrogen) atoms. The summed E-state index contributed by atoms with van der Waals surface area (Å²) in [5, 5.41) is 12.5. The number of aromatic nitrogens is 2. The van der Waals surface area contributed by atoms with Crippen molar-refractivity contribution in [2.24, 2.45) is 4.99 Å². The van der Waals surface area contributed by atoms with Crippen molar-refractivity contribution in [1.29, 1.82) is 0 Å². The molecule has 3 N–H and O–H groups in total. The quantitative estimate of drug-likeness (QED) is 0.301. The molecule has 1 amide bonds. The van der Waals surface area contributed by atoms with E-state index in [1.807, 2.05) is 0 Å². The maximum Gasteiger partial charge on any atom is 0.416 e. The predicted octanol–water partition coefficient (Wildman–Crippen LogP) is 4.99. The fraction of sp³-hybridized carbons (Fsp3) is 0.227. The minimum atomic E-state index is -4.48. The lowest BCUT2D eigenvalue weighted by atomic mass is 9.94. The Hall–Kier alpha value is -3.69. The Morgan fingerprint density at radius 3 is 2.34 bits per heavy atom. The van der Waals surface area contributed by atoms with E-state index >= 15 is 0 Å². The van der Waals surface area contributed by atoms with Crippen molar-refractivity contribution < 1.29 is 22.4 Å². The van der Waals surface area contributed by atoms with Crippen LogP contribution < -0.4 is 10.6 Å². The monoisotopic (exact) mass is 445 g/mol. The molecule has 0 saturated heterocycles. The molecule has 2 aromatic carbocycles. The third-order valence-electron chi connectivity index (χ3n) is 5.07. The Balaban J connectivity index is 1.49. The van der Waals surface area contributed by atoms with Crippen LogP contribution in [-0.4, -0.2) is 28.1 Å². The van der Waals surface area contributed by atoms with Gasteiger partial charge in [0.15, 0.2) is 5.82 Å². The molecule has 1 aromatic heterocycles. The second-order valence-electron chi connectivity index (χ2n) is 7.39. The number of amides is 1. The molecule has 1 heterocycles. The Labute approximate surface area is 180 Å². The number of halogens is 4. The molecule has 1 aliphatic rings. The van der Waals surface area contributed by atoms with Gasteiger partial charge in [-0.15, -0.1) is 0 Å². The van der Waals surface area contributed by atoms with E-state index in [9.17, 15) is 22.4 Å². The molecular weight excluding hydrogens is 426 g/mol. The summed E-state index contributed by atoms with van der Waals surface area (Å²) in [4.78, 5) is 17.1. The molecule has 0 unspecified atom stereocenters. The van der Waals surface area contributed by atoms with Crippen LogP contribution in [-0.2, 0) is 6.18 Å². The first kappa shape index (κ1) is 21.5. The summed E-state index contributed by atoms with van der Waals surface area (Å²) >= 11 is 0. The van der Waals surface area contributed by atoms with Crippen molar-refractivity contribution >= 4 is 17.7 Å². The van der Waals surface area contributed by atoms with Gasteiger partial charge < -0.3 is 5.32 Å². The SMILES string of the molecule is O=C(NC(=NC1CCC1)Nc1cc(-c2ccc(F)cc2)[nH]n1)c1ccc(C(F)(F)F)cc1. The van der Waals surface area contributed by atoms with Crippen LogP contribution in [0.5, 0.6) is 0 Å². The highest BCUT2D eigenvalue weighted by molar-refractivity contribution is 6.09. The summed E-state index contributed by atoms with van der Waals surface area (Å²) in [5.74, 6) is -0.432. The average molecular weight is 445 g/mol. The van der Waals surface area contributed by atoms with E-state index in [0.717, 1.165) is 49.1 Å². The molecule has 6 nitrogen and oxygen atoms in total. The molecule has 0 aliphatic heterocycles. The first-order chi connectivity index (χ1) is 15.3. The largest absolute Gasteiger partial charge is 0.416 e. The van der Waals surface area contributed by atoms with Crippen molar-refractivity contribution in [3.8, 4) is 11.3 Å². The number of hydrogen-bond donors (Lipinski definition) is 3. The van der Waals surface area contributed by atoms with Crippen LogP contribution in [0.25, 0.3) is 11.3 Å². The lowest BCUT2D eigenvalue weighted by molar-refractivity contribution is -0.137. The first-order valence-electron chi connectivity index (χ1n) is 9.93. The molecule has 0 bridgehead atoms. The number of hydrogen-bond acceptors (Lipinski definition) is 3. The molecule has 4 rings (SSSR count). The predicted molar refractivity (Wildman–Crippen MR) is 112 cm³/mol. The van der Waals surface area contributed by atoms with Gasteiger partial charge in [0.2, 0.25) is 5.96 Å². The molecule has 0 atom stereocenters. The fourth-order valence-corrected chi connectivity index (χ4v) is 3.07. The number of anilines is 1. The number of rotatable bonds is 4. The smallest absolute Gasteiger partial charge is 0.309 e. The number of alkyl halides is 3. The van der Waals surface area contributed by atoms with Crippen molar-refractivity contribution in [1.82, 2.24) is 15.5 Å². The maximum atomic E-state index is 13.1. The van der Waals surface area contributed by atoms with E-state index in [-0.39, 0.29) is 23.4 Å². The van der Waals surface area contributed by atoms with Crippen LogP contribution in [0.2, 0.25) is 0 Å². The van der Waals surface area contributed by atoms with Gasteiger partial charge in [-0.2, -0.15) is 18.3 Å². The van der Waals surface area contributed by atoms with Crippen molar-refractivity contribution in [3.05, 3.63) is 71.5 Å². The van der Waals surface area contributed by atoms with Gasteiger partial charge in [-0.25, -0.2) is 9.38 Å². The van der Waals surface area contributed by atoms with Crippen LogP contribution in [0.1, 0.15) is 35.2 Å². The van der Waals surface area contributed by atoms with Crippen LogP contribution in [0.15, 0.2) is 59.6 Å². The zero-order valence-corrected chi connectivity index (χ0v) is 16.7. The van der Waals surface area contributed by atoms with Gasteiger partial charge in [0.05, 0.1) is 17.3 Å². The molecular formula is C22H19F4N5O. The van der Waals surface area contributed by atoms with Crippen LogP contribution in [0.4, 0.5) is 23.4 Å². The van der Waals surface area contributed by atoms with E-state index in [1.54, 1.807) is 18.2 Å². The van der Waals surface area contributed by atoms with Gasteiger partial charge in [0, 0.05) is 11.6 Å². The summed E-state index contributed by atoms with van der Waals surface area (Å²) in [7, 11) is 0. The van der Waals surface area contributed by atoms with Gasteiger partial charge in [-0.05, 0) is 73.4 Å². The summed E-state index contributed by atoms with van der Waals surface area (Å²) in [5.41, 5.74) is 0.582. The fourth-order valence-electron chi connectivity index (χ4n) is 3.07. The van der Waals surface area contributed by atoms with Gasteiger partial charge in [0.25, 0.3) is 5.91 Å². The van der Waals surface area contributed by atoms with Crippen molar-refractivity contribution in [2.75, 3.05) is 5.32 Å². The molecule has 0 spiro atoms. The molecule has 1 fully saturated rings. The highest BCUT2D eigenvalue weighted by atomic mass is 19.4. The Kier molecular flexibility index (Phi) is 5.93. The van der Waals surface area contributed by atoms with Crippen LogP contribution >= 0.6 is 0 Å². The second-order valence-corrected chi connectivity index (χ2v) is 7.39. The number of nitrogens with zero attached hydrogens (tertiary/aromatic N) is 2. The van der Waals surface area contributed by atoms with Crippen LogP contribution in [0.3, 0.4) is 0 Å². The summed E-state index contributed by atoms with van der Waals surface area (Å²) in [6, 6.07) is 11.5. The summed E-state index contributed by atoms with van der Waals surface area (Å²) < 4.78 is 51.4. The number of H-pyrrole nitrogens is 1. The number of nitrogens with one attached hydrogen (secondary N) is 3.